The minimum atomic E-state index is -0.315. The van der Waals surface area contributed by atoms with Crippen LogP contribution in [0.2, 0.25) is 5.02 Å². The van der Waals surface area contributed by atoms with Crippen LogP contribution < -0.4 is 10.2 Å². The molecule has 1 amide bonds. The summed E-state index contributed by atoms with van der Waals surface area (Å²) in [4.78, 5) is 15.8. The molecule has 0 aliphatic carbocycles. The molecule has 1 heterocycles. The Morgan fingerprint density at radius 2 is 1.96 bits per heavy atom. The Morgan fingerprint density at radius 1 is 1.18 bits per heavy atom. The summed E-state index contributed by atoms with van der Waals surface area (Å²) >= 11 is 6.28. The van der Waals surface area contributed by atoms with Crippen LogP contribution >= 0.6 is 11.6 Å². The number of hydrogen-bond donors (Lipinski definition) is 1. The molecule has 2 aromatic rings. The fraction of sp³-hybridized carbons (Fsp3) is 0.409. The molecular formula is C22H28ClN3O2. The van der Waals surface area contributed by atoms with Crippen molar-refractivity contribution in [3.63, 3.8) is 0 Å². The summed E-state index contributed by atoms with van der Waals surface area (Å²) in [5.41, 5.74) is 3.69. The van der Waals surface area contributed by atoms with Gasteiger partial charge in [0.05, 0.1) is 23.4 Å². The number of rotatable bonds is 12. The Kier molecular flexibility index (Phi) is 10.1. The molecule has 0 aliphatic heterocycles. The molecule has 0 aliphatic rings. The Morgan fingerprint density at radius 3 is 2.68 bits per heavy atom. The van der Waals surface area contributed by atoms with Gasteiger partial charge >= 0.3 is 0 Å². The lowest BCUT2D eigenvalue weighted by Gasteiger charge is -2.08. The second kappa shape index (κ2) is 12.9. The van der Waals surface area contributed by atoms with Crippen molar-refractivity contribution in [1.82, 2.24) is 10.4 Å². The Hall–Kier alpha value is -2.40. The summed E-state index contributed by atoms with van der Waals surface area (Å²) in [5.74, 6) is 0.356. The number of ether oxygens (including phenoxy) is 1. The molecule has 2 rings (SSSR count). The lowest BCUT2D eigenvalue weighted by molar-refractivity contribution is 0.0955. The molecule has 0 bridgehead atoms. The molecule has 1 aromatic heterocycles. The minimum absolute atomic E-state index is 0.315. The van der Waals surface area contributed by atoms with Gasteiger partial charge in [0.25, 0.3) is 5.91 Å². The van der Waals surface area contributed by atoms with Crippen LogP contribution in [0.3, 0.4) is 0 Å². The maximum atomic E-state index is 11.9. The molecular weight excluding hydrogens is 374 g/mol. The van der Waals surface area contributed by atoms with Crippen LogP contribution in [-0.2, 0) is 0 Å². The molecule has 0 fully saturated rings. The number of hydrazone groups is 1. The number of hydrogen-bond acceptors (Lipinski definition) is 4. The third kappa shape index (κ3) is 8.09. The van der Waals surface area contributed by atoms with Gasteiger partial charge in [-0.3, -0.25) is 9.78 Å². The van der Waals surface area contributed by atoms with Crippen LogP contribution in [0.5, 0.6) is 5.75 Å². The lowest BCUT2D eigenvalue weighted by atomic mass is 10.1. The van der Waals surface area contributed by atoms with E-state index in [2.05, 4.69) is 22.4 Å². The van der Waals surface area contributed by atoms with E-state index in [9.17, 15) is 4.79 Å². The average Bonchev–Trinajstić information content (AvgIpc) is 2.72. The zero-order valence-electron chi connectivity index (χ0n) is 16.4. The van der Waals surface area contributed by atoms with Crippen LogP contribution in [0, 0.1) is 0 Å². The van der Waals surface area contributed by atoms with Crippen LogP contribution in [0.1, 0.15) is 67.8 Å². The molecule has 0 spiro atoms. The summed E-state index contributed by atoms with van der Waals surface area (Å²) < 4.78 is 5.77. The monoisotopic (exact) mass is 401 g/mol. The second-order valence-electron chi connectivity index (χ2n) is 6.60. The van der Waals surface area contributed by atoms with Crippen molar-refractivity contribution in [2.75, 3.05) is 6.61 Å². The number of benzene rings is 1. The van der Waals surface area contributed by atoms with Gasteiger partial charge in [-0.25, -0.2) is 5.43 Å². The molecule has 1 aromatic carbocycles. The summed E-state index contributed by atoms with van der Waals surface area (Å²) in [6.45, 7) is 2.90. The first-order valence-corrected chi connectivity index (χ1v) is 10.2. The van der Waals surface area contributed by atoms with Crippen molar-refractivity contribution >= 4 is 23.7 Å². The van der Waals surface area contributed by atoms with E-state index in [1.165, 1.54) is 44.7 Å². The Labute approximate surface area is 172 Å². The fourth-order valence-corrected chi connectivity index (χ4v) is 2.93. The summed E-state index contributed by atoms with van der Waals surface area (Å²) in [6, 6.07) is 8.82. The second-order valence-corrected chi connectivity index (χ2v) is 7.01. The third-order valence-electron chi connectivity index (χ3n) is 4.26. The van der Waals surface area contributed by atoms with E-state index in [4.69, 9.17) is 16.3 Å². The number of carbonyl (C=O) groups is 1. The van der Waals surface area contributed by atoms with E-state index in [0.29, 0.717) is 22.9 Å². The van der Waals surface area contributed by atoms with Gasteiger partial charge in [-0.15, -0.1) is 0 Å². The topological polar surface area (TPSA) is 63.6 Å². The molecule has 0 saturated carbocycles. The molecule has 0 atom stereocenters. The predicted molar refractivity (Wildman–Crippen MR) is 114 cm³/mol. The lowest BCUT2D eigenvalue weighted by Crippen LogP contribution is -2.17. The van der Waals surface area contributed by atoms with Crippen molar-refractivity contribution in [2.24, 2.45) is 5.10 Å². The maximum Gasteiger partial charge on any atom is 0.272 e. The molecule has 0 saturated heterocycles. The van der Waals surface area contributed by atoms with Crippen molar-refractivity contribution in [3.8, 4) is 5.75 Å². The number of nitrogens with zero attached hydrogens (tertiary/aromatic N) is 2. The van der Waals surface area contributed by atoms with Gasteiger partial charge in [0.2, 0.25) is 0 Å². The van der Waals surface area contributed by atoms with Gasteiger partial charge in [0, 0.05) is 12.4 Å². The van der Waals surface area contributed by atoms with Gasteiger partial charge in [-0.1, -0.05) is 57.0 Å². The Balaban J connectivity index is 1.72. The van der Waals surface area contributed by atoms with Crippen LogP contribution in [-0.4, -0.2) is 23.7 Å². The number of nitrogens with one attached hydrogen (secondary N) is 1. The van der Waals surface area contributed by atoms with E-state index in [0.717, 1.165) is 12.0 Å². The first-order valence-electron chi connectivity index (χ1n) is 9.86. The molecule has 150 valence electrons. The molecule has 28 heavy (non-hydrogen) atoms. The normalized spacial score (nSPS) is 10.9. The SMILES string of the molecule is CCCCCCCCCOc1ccc(/C=N\NC(=O)c2cccnc2)cc1Cl. The van der Waals surface area contributed by atoms with Gasteiger partial charge in [0.15, 0.2) is 0 Å². The van der Waals surface area contributed by atoms with E-state index in [-0.39, 0.29) is 5.91 Å². The number of carbonyl (C=O) groups excluding carboxylic acids is 1. The highest BCUT2D eigenvalue weighted by Gasteiger charge is 2.04. The standard InChI is InChI=1S/C22H28ClN3O2/c1-2-3-4-5-6-7-8-14-28-21-12-11-18(15-20(21)23)16-25-26-22(27)19-10-9-13-24-17-19/h9-13,15-17H,2-8,14H2,1H3,(H,26,27)/b25-16-. The van der Waals surface area contributed by atoms with Crippen molar-refractivity contribution in [3.05, 3.63) is 58.9 Å². The average molecular weight is 402 g/mol. The van der Waals surface area contributed by atoms with Gasteiger partial charge < -0.3 is 4.74 Å². The molecule has 6 heteroatoms. The summed E-state index contributed by atoms with van der Waals surface area (Å²) in [6.07, 6.45) is 13.4. The number of unbranched alkanes of at least 4 members (excludes halogenated alkanes) is 6. The van der Waals surface area contributed by atoms with E-state index >= 15 is 0 Å². The fourth-order valence-electron chi connectivity index (χ4n) is 2.68. The van der Waals surface area contributed by atoms with Crippen LogP contribution in [0.25, 0.3) is 0 Å². The van der Waals surface area contributed by atoms with Gasteiger partial charge in [0.1, 0.15) is 5.75 Å². The third-order valence-corrected chi connectivity index (χ3v) is 4.56. The van der Waals surface area contributed by atoms with Crippen LogP contribution in [0.4, 0.5) is 0 Å². The number of pyridine rings is 1. The van der Waals surface area contributed by atoms with Crippen LogP contribution in [0.15, 0.2) is 47.8 Å². The highest BCUT2D eigenvalue weighted by molar-refractivity contribution is 6.32. The van der Waals surface area contributed by atoms with Gasteiger partial charge in [-0.2, -0.15) is 5.10 Å². The molecule has 0 unspecified atom stereocenters. The van der Waals surface area contributed by atoms with Crippen molar-refractivity contribution in [2.45, 2.75) is 51.9 Å². The number of halogens is 1. The minimum Gasteiger partial charge on any atom is -0.492 e. The van der Waals surface area contributed by atoms with Gasteiger partial charge in [-0.05, 0) is 42.3 Å². The predicted octanol–water partition coefficient (Wildman–Crippen LogP) is 5.63. The number of aromatic nitrogens is 1. The molecule has 0 radical (unpaired) electrons. The summed E-state index contributed by atoms with van der Waals surface area (Å²) in [5, 5.41) is 4.49. The zero-order chi connectivity index (χ0) is 20.0. The summed E-state index contributed by atoms with van der Waals surface area (Å²) in [7, 11) is 0. The van der Waals surface area contributed by atoms with E-state index in [1.807, 2.05) is 12.1 Å². The van der Waals surface area contributed by atoms with Crippen molar-refractivity contribution in [1.29, 1.82) is 0 Å². The molecule has 5 nitrogen and oxygen atoms in total. The molecule has 1 N–H and O–H groups in total. The highest BCUT2D eigenvalue weighted by atomic mass is 35.5. The number of amides is 1. The maximum absolute atomic E-state index is 11.9. The van der Waals surface area contributed by atoms with E-state index in [1.54, 1.807) is 30.6 Å². The first kappa shape index (κ1) is 21.9. The van der Waals surface area contributed by atoms with E-state index < -0.39 is 0 Å². The highest BCUT2D eigenvalue weighted by Crippen LogP contribution is 2.25. The zero-order valence-corrected chi connectivity index (χ0v) is 17.1. The smallest absolute Gasteiger partial charge is 0.272 e. The largest absolute Gasteiger partial charge is 0.492 e. The Bertz CT molecular complexity index is 751. The quantitative estimate of drug-likeness (QED) is 0.285. The van der Waals surface area contributed by atoms with Crippen molar-refractivity contribution < 1.29 is 9.53 Å². The first-order chi connectivity index (χ1) is 13.7.